The summed E-state index contributed by atoms with van der Waals surface area (Å²) in [6, 6.07) is 0. The van der Waals surface area contributed by atoms with E-state index < -0.39 is 53.9 Å². The van der Waals surface area contributed by atoms with Crippen LogP contribution in [0.5, 0.6) is 0 Å². The minimum absolute atomic E-state index is 0.0828. The lowest BCUT2D eigenvalue weighted by Crippen LogP contribution is -2.50. The largest absolute Gasteiger partial charge is 0.490 e. The molecule has 3 unspecified atom stereocenters. The van der Waals surface area contributed by atoms with E-state index in [0.29, 0.717) is 0 Å². The zero-order chi connectivity index (χ0) is 23.8. The molecule has 15 nitrogen and oxygen atoms in total. The first-order valence-corrected chi connectivity index (χ1v) is 12.7. The molecule has 0 bridgehead atoms. The fourth-order valence-corrected chi connectivity index (χ4v) is 5.76. The van der Waals surface area contributed by atoms with Crippen LogP contribution in [0.3, 0.4) is 0 Å². The second-order valence-corrected chi connectivity index (χ2v) is 10.8. The van der Waals surface area contributed by atoms with E-state index in [1.165, 1.54) is 24.1 Å². The second kappa shape index (κ2) is 8.88. The third-order valence-corrected chi connectivity index (χ3v) is 8.00. The molecule has 174 valence electrons. The first-order valence-electron chi connectivity index (χ1n) is 8.13. The lowest BCUT2D eigenvalue weighted by Gasteiger charge is -2.35. The van der Waals surface area contributed by atoms with Crippen LogP contribution in [0.15, 0.2) is 29.7 Å². The maximum Gasteiger partial charge on any atom is 0.490 e. The number of nitrogens with two attached hydrogens (primary N) is 1. The van der Waals surface area contributed by atoms with Crippen molar-refractivity contribution < 1.29 is 56.3 Å². The summed E-state index contributed by atoms with van der Waals surface area (Å²) in [5.74, 6) is 1.49. The first kappa shape index (κ1) is 25.9. The van der Waals surface area contributed by atoms with Crippen LogP contribution < -0.4 is 5.73 Å². The van der Waals surface area contributed by atoms with Crippen molar-refractivity contribution in [3.63, 3.8) is 0 Å². The summed E-state index contributed by atoms with van der Waals surface area (Å²) in [5, 5.41) is 10.9. The van der Waals surface area contributed by atoms with E-state index in [9.17, 15) is 28.6 Å². The number of ether oxygens (including phenoxy) is 1. The monoisotopic (exact) mass is 503 g/mol. The highest BCUT2D eigenvalue weighted by Gasteiger charge is 2.56. The Morgan fingerprint density at radius 2 is 1.94 bits per heavy atom. The molecule has 0 radical (unpaired) electrons. The minimum Gasteiger partial charge on any atom is -0.384 e. The minimum atomic E-state index is -5.67. The van der Waals surface area contributed by atoms with Gasteiger partial charge < -0.3 is 40.1 Å². The SMILES string of the molecule is C#CC1(O)[C@@H](C)[C@@H](COP(=O)(O)OP(=O)(O)OP(=O)(O)O)O[C@H]1N1C=CC(N)=NC1=C. The number of nitrogens with zero attached hydrogens (tertiary/aromatic N) is 2. The summed E-state index contributed by atoms with van der Waals surface area (Å²) >= 11 is 0. The lowest BCUT2D eigenvalue weighted by molar-refractivity contribution is -0.0884. The van der Waals surface area contributed by atoms with Crippen molar-refractivity contribution in [2.45, 2.75) is 24.9 Å². The lowest BCUT2D eigenvalue weighted by atomic mass is 9.86. The molecular formula is C13H20N3O12P3. The highest BCUT2D eigenvalue weighted by molar-refractivity contribution is 7.66. The van der Waals surface area contributed by atoms with E-state index in [2.05, 4.69) is 30.6 Å². The van der Waals surface area contributed by atoms with E-state index in [-0.39, 0.29) is 11.7 Å². The van der Waals surface area contributed by atoms with Gasteiger partial charge in [0.2, 0.25) is 0 Å². The summed E-state index contributed by atoms with van der Waals surface area (Å²) in [7, 11) is -16.6. The van der Waals surface area contributed by atoms with Crippen LogP contribution in [-0.4, -0.2) is 60.0 Å². The molecule has 0 aliphatic carbocycles. The van der Waals surface area contributed by atoms with Gasteiger partial charge in [-0.15, -0.1) is 6.42 Å². The van der Waals surface area contributed by atoms with Crippen molar-refractivity contribution in [2.75, 3.05) is 6.61 Å². The molecule has 2 heterocycles. The van der Waals surface area contributed by atoms with Gasteiger partial charge in [0.05, 0.1) is 12.7 Å². The standard InChI is InChI=1S/C13H20N3O12P3/c1-4-13(17)8(2)10(26-12(13)16-6-5-11(14)15-9(16)3)7-25-30(21,22)28-31(23,24)27-29(18,19)20/h1,5-6,8,10,12,17H,3,7H2,2H3,(H2,14,15)(H,21,22)(H,23,24)(H2,18,19,20)/t8-,10+,12+,13?/m0/s1. The molecule has 2 aliphatic heterocycles. The van der Waals surface area contributed by atoms with Gasteiger partial charge in [-0.1, -0.05) is 19.4 Å². The number of terminal acetylenes is 1. The molecule has 18 heteroatoms. The Labute approximate surface area is 176 Å². The highest BCUT2D eigenvalue weighted by atomic mass is 31.3. The van der Waals surface area contributed by atoms with Crippen molar-refractivity contribution >= 4 is 29.3 Å². The van der Waals surface area contributed by atoms with Crippen molar-refractivity contribution in [2.24, 2.45) is 16.6 Å². The van der Waals surface area contributed by atoms with Crippen LogP contribution >= 0.6 is 23.5 Å². The number of phosphoric acid groups is 3. The smallest absolute Gasteiger partial charge is 0.384 e. The molecule has 0 aromatic rings. The van der Waals surface area contributed by atoms with Crippen molar-refractivity contribution in [3.8, 4) is 12.3 Å². The Morgan fingerprint density at radius 1 is 1.32 bits per heavy atom. The predicted molar refractivity (Wildman–Crippen MR) is 103 cm³/mol. The van der Waals surface area contributed by atoms with Crippen molar-refractivity contribution in [1.82, 2.24) is 4.90 Å². The summed E-state index contributed by atoms with van der Waals surface area (Å²) in [5.41, 5.74) is 3.60. The number of hydrogen-bond donors (Lipinski definition) is 6. The van der Waals surface area contributed by atoms with Gasteiger partial charge in [-0.25, -0.2) is 18.7 Å². The summed E-state index contributed by atoms with van der Waals surface area (Å²) in [6.45, 7) is 4.32. The number of phosphoric ester groups is 1. The molecule has 0 saturated carbocycles. The number of aliphatic imine (C=N–C) groups is 1. The number of amidine groups is 1. The van der Waals surface area contributed by atoms with Gasteiger partial charge in [0.25, 0.3) is 0 Å². The highest BCUT2D eigenvalue weighted by Crippen LogP contribution is 2.66. The van der Waals surface area contributed by atoms with Crippen LogP contribution in [0.1, 0.15) is 6.92 Å². The predicted octanol–water partition coefficient (Wildman–Crippen LogP) is -0.287. The van der Waals surface area contributed by atoms with Gasteiger partial charge >= 0.3 is 23.5 Å². The normalized spacial score (nSPS) is 32.8. The Kier molecular flexibility index (Phi) is 7.42. The summed E-state index contributed by atoms with van der Waals surface area (Å²) in [6.07, 6.45) is 5.84. The molecule has 1 fully saturated rings. The van der Waals surface area contributed by atoms with Gasteiger partial charge in [-0.3, -0.25) is 4.52 Å². The van der Waals surface area contributed by atoms with Gasteiger partial charge in [-0.05, 0) is 6.08 Å². The molecular weight excluding hydrogens is 483 g/mol. The number of aliphatic hydroxyl groups is 1. The molecule has 0 spiro atoms. The zero-order valence-electron chi connectivity index (χ0n) is 15.8. The van der Waals surface area contributed by atoms with Crippen LogP contribution in [0.25, 0.3) is 0 Å². The van der Waals surface area contributed by atoms with Crippen molar-refractivity contribution in [3.05, 3.63) is 24.7 Å². The molecule has 0 amide bonds. The molecule has 1 saturated heterocycles. The fraction of sp³-hybridized carbons (Fsp3) is 0.462. The fourth-order valence-electron chi connectivity index (χ4n) is 2.73. The first-order chi connectivity index (χ1) is 14.0. The quantitative estimate of drug-likeness (QED) is 0.185. The number of hydrogen-bond acceptors (Lipinski definition) is 11. The van der Waals surface area contributed by atoms with E-state index >= 15 is 0 Å². The molecule has 0 aromatic heterocycles. The third-order valence-electron chi connectivity index (χ3n) is 4.20. The van der Waals surface area contributed by atoms with E-state index in [4.69, 9.17) is 26.7 Å². The van der Waals surface area contributed by atoms with Gasteiger partial charge in [0.15, 0.2) is 11.8 Å². The molecule has 2 rings (SSSR count). The maximum absolute atomic E-state index is 11.9. The van der Waals surface area contributed by atoms with E-state index in [1.54, 1.807) is 0 Å². The summed E-state index contributed by atoms with van der Waals surface area (Å²) < 4.78 is 51.4. The molecule has 7 N–H and O–H groups in total. The van der Waals surface area contributed by atoms with Crippen LogP contribution in [0.4, 0.5) is 0 Å². The zero-order valence-corrected chi connectivity index (χ0v) is 18.5. The average molecular weight is 503 g/mol. The average Bonchev–Trinajstić information content (AvgIpc) is 2.82. The Hall–Kier alpha value is -1.36. The van der Waals surface area contributed by atoms with Crippen LogP contribution in [0.2, 0.25) is 0 Å². The molecule has 6 atom stereocenters. The van der Waals surface area contributed by atoms with Crippen LogP contribution in [-0.2, 0) is 31.6 Å². The third kappa shape index (κ3) is 6.34. The summed E-state index contributed by atoms with van der Waals surface area (Å²) in [4.78, 5) is 41.0. The van der Waals surface area contributed by atoms with Gasteiger partial charge in [0.1, 0.15) is 11.7 Å². The Balaban J connectivity index is 2.12. The second-order valence-electron chi connectivity index (χ2n) is 6.35. The molecule has 31 heavy (non-hydrogen) atoms. The maximum atomic E-state index is 11.9. The van der Waals surface area contributed by atoms with Crippen molar-refractivity contribution in [1.29, 1.82) is 0 Å². The van der Waals surface area contributed by atoms with E-state index in [0.717, 1.165) is 0 Å². The van der Waals surface area contributed by atoms with Gasteiger partial charge in [0, 0.05) is 12.1 Å². The van der Waals surface area contributed by atoms with E-state index in [1.807, 2.05) is 0 Å². The van der Waals surface area contributed by atoms with Crippen LogP contribution in [0, 0.1) is 18.3 Å². The Bertz CT molecular complexity index is 986. The molecule has 0 aromatic carbocycles. The topological polar surface area (TPSA) is 231 Å². The molecule has 2 aliphatic rings. The van der Waals surface area contributed by atoms with Gasteiger partial charge in [-0.2, -0.15) is 8.62 Å². The Morgan fingerprint density at radius 3 is 2.45 bits per heavy atom. The number of rotatable bonds is 8.